The molecule has 0 fully saturated rings. The van der Waals surface area contributed by atoms with Crippen molar-refractivity contribution < 1.29 is 23.5 Å². The Morgan fingerprint density at radius 1 is 1.23 bits per heavy atom. The van der Waals surface area contributed by atoms with Gasteiger partial charge >= 0.3 is 11.9 Å². The zero-order valence-electron chi connectivity index (χ0n) is 14.6. The molecule has 3 aromatic heterocycles. The molecule has 26 heavy (non-hydrogen) atoms. The summed E-state index contributed by atoms with van der Waals surface area (Å²) in [5.74, 6) is -0.0666. The minimum absolute atomic E-state index is 0.0951. The fraction of sp³-hybridized carbons (Fsp3) is 0.222. The minimum Gasteiger partial charge on any atom is -0.463 e. The highest BCUT2D eigenvalue weighted by atomic mass is 16.6. The number of methoxy groups -OCH3 is 1. The molecular formula is C18H17N3O5. The van der Waals surface area contributed by atoms with Gasteiger partial charge in [0.25, 0.3) is 0 Å². The van der Waals surface area contributed by atoms with Gasteiger partial charge in [0.05, 0.1) is 19.0 Å². The molecule has 0 aliphatic carbocycles. The number of aryl methyl sites for hydroxylation is 1. The van der Waals surface area contributed by atoms with Gasteiger partial charge < -0.3 is 13.9 Å². The average molecular weight is 355 g/mol. The van der Waals surface area contributed by atoms with E-state index in [1.165, 1.54) is 13.3 Å². The number of furan rings is 1. The summed E-state index contributed by atoms with van der Waals surface area (Å²) >= 11 is 0. The van der Waals surface area contributed by atoms with Gasteiger partial charge in [-0.25, -0.2) is 19.3 Å². The van der Waals surface area contributed by atoms with Gasteiger partial charge in [-0.2, -0.15) is 5.10 Å². The number of pyridine rings is 1. The standard InChI is InChI=1S/C18H17N3O5/c1-11-8-13(26-16(11)18(23)24-3)10-25-17(22)14-9-20-21(12(14)2)15-6-4-5-7-19-15/h4-9H,10H2,1-3H3. The van der Waals surface area contributed by atoms with E-state index in [2.05, 4.69) is 14.8 Å². The zero-order valence-corrected chi connectivity index (χ0v) is 14.6. The molecule has 0 spiro atoms. The van der Waals surface area contributed by atoms with E-state index in [0.717, 1.165) is 0 Å². The van der Waals surface area contributed by atoms with Crippen molar-refractivity contribution in [1.29, 1.82) is 0 Å². The number of carbonyl (C=O) groups excluding carboxylic acids is 2. The Hall–Kier alpha value is -3.42. The van der Waals surface area contributed by atoms with Gasteiger partial charge in [-0.3, -0.25) is 0 Å². The van der Waals surface area contributed by atoms with E-state index >= 15 is 0 Å². The molecule has 3 heterocycles. The van der Waals surface area contributed by atoms with E-state index in [-0.39, 0.29) is 12.4 Å². The van der Waals surface area contributed by atoms with Gasteiger partial charge in [-0.05, 0) is 32.0 Å². The Morgan fingerprint density at radius 3 is 2.73 bits per heavy atom. The molecule has 0 saturated carbocycles. The summed E-state index contributed by atoms with van der Waals surface area (Å²) in [6.07, 6.45) is 3.08. The van der Waals surface area contributed by atoms with Crippen LogP contribution in [0.4, 0.5) is 0 Å². The molecule has 0 unspecified atom stereocenters. The molecule has 8 nitrogen and oxygen atoms in total. The first-order valence-corrected chi connectivity index (χ1v) is 7.82. The Balaban J connectivity index is 1.72. The summed E-state index contributed by atoms with van der Waals surface area (Å²) in [6, 6.07) is 7.05. The van der Waals surface area contributed by atoms with E-state index < -0.39 is 11.9 Å². The van der Waals surface area contributed by atoms with Crippen molar-refractivity contribution in [2.24, 2.45) is 0 Å². The van der Waals surface area contributed by atoms with Crippen LogP contribution in [0.1, 0.15) is 37.9 Å². The maximum Gasteiger partial charge on any atom is 0.374 e. The monoisotopic (exact) mass is 355 g/mol. The van der Waals surface area contributed by atoms with Crippen molar-refractivity contribution in [2.45, 2.75) is 20.5 Å². The molecule has 0 saturated heterocycles. The van der Waals surface area contributed by atoms with Crippen LogP contribution in [0, 0.1) is 13.8 Å². The Labute approximate surface area is 149 Å². The maximum atomic E-state index is 12.3. The van der Waals surface area contributed by atoms with E-state index in [9.17, 15) is 9.59 Å². The highest BCUT2D eigenvalue weighted by Gasteiger charge is 2.20. The molecular weight excluding hydrogens is 338 g/mol. The van der Waals surface area contributed by atoms with Crippen molar-refractivity contribution >= 4 is 11.9 Å². The lowest BCUT2D eigenvalue weighted by molar-refractivity contribution is 0.0437. The molecule has 0 amide bonds. The first kappa shape index (κ1) is 17.4. The van der Waals surface area contributed by atoms with E-state index in [4.69, 9.17) is 9.15 Å². The molecule has 3 aromatic rings. The molecule has 0 bridgehead atoms. The summed E-state index contributed by atoms with van der Waals surface area (Å²) < 4.78 is 16.8. The minimum atomic E-state index is -0.576. The number of aromatic nitrogens is 3. The number of hydrogen-bond donors (Lipinski definition) is 0. The number of esters is 2. The molecule has 0 N–H and O–H groups in total. The SMILES string of the molecule is COC(=O)c1oc(COC(=O)c2cnn(-c3ccccn3)c2C)cc1C. The lowest BCUT2D eigenvalue weighted by atomic mass is 10.2. The fourth-order valence-corrected chi connectivity index (χ4v) is 2.45. The second kappa shape index (κ2) is 7.22. The van der Waals surface area contributed by atoms with Crippen LogP contribution in [0.25, 0.3) is 5.82 Å². The number of carbonyl (C=O) groups is 2. The lowest BCUT2D eigenvalue weighted by Gasteiger charge is -2.04. The molecule has 134 valence electrons. The van der Waals surface area contributed by atoms with Crippen molar-refractivity contribution in [2.75, 3.05) is 7.11 Å². The summed E-state index contributed by atoms with van der Waals surface area (Å²) in [5, 5.41) is 4.18. The van der Waals surface area contributed by atoms with Gasteiger partial charge in [0.2, 0.25) is 5.76 Å². The van der Waals surface area contributed by atoms with Crippen molar-refractivity contribution in [3.63, 3.8) is 0 Å². The number of hydrogen-bond acceptors (Lipinski definition) is 7. The second-order valence-electron chi connectivity index (χ2n) is 5.54. The fourth-order valence-electron chi connectivity index (χ4n) is 2.45. The summed E-state index contributed by atoms with van der Waals surface area (Å²) in [6.45, 7) is 3.36. The van der Waals surface area contributed by atoms with Crippen LogP contribution < -0.4 is 0 Å². The zero-order chi connectivity index (χ0) is 18.7. The van der Waals surface area contributed by atoms with Gasteiger partial charge in [0.1, 0.15) is 17.9 Å². The molecule has 0 aromatic carbocycles. The molecule has 3 rings (SSSR count). The molecule has 0 aliphatic rings. The van der Waals surface area contributed by atoms with Crippen molar-refractivity contribution in [3.8, 4) is 5.82 Å². The van der Waals surface area contributed by atoms with E-state index in [0.29, 0.717) is 28.4 Å². The van der Waals surface area contributed by atoms with Gasteiger partial charge in [0.15, 0.2) is 5.82 Å². The molecule has 0 aliphatic heterocycles. The predicted octanol–water partition coefficient (Wildman–Crippen LogP) is 2.62. The van der Waals surface area contributed by atoms with Crippen LogP contribution in [-0.2, 0) is 16.1 Å². The van der Waals surface area contributed by atoms with Crippen molar-refractivity contribution in [1.82, 2.24) is 14.8 Å². The third kappa shape index (κ3) is 3.34. The maximum absolute atomic E-state index is 12.3. The number of rotatable bonds is 5. The van der Waals surface area contributed by atoms with Crippen LogP contribution >= 0.6 is 0 Å². The smallest absolute Gasteiger partial charge is 0.374 e. The quantitative estimate of drug-likeness (QED) is 0.649. The Bertz CT molecular complexity index is 943. The molecule has 0 atom stereocenters. The second-order valence-corrected chi connectivity index (χ2v) is 5.54. The average Bonchev–Trinajstić information content (AvgIpc) is 3.22. The Kier molecular flexibility index (Phi) is 4.83. The van der Waals surface area contributed by atoms with Gasteiger partial charge in [-0.15, -0.1) is 0 Å². The first-order valence-electron chi connectivity index (χ1n) is 7.82. The van der Waals surface area contributed by atoms with Crippen LogP contribution in [-0.4, -0.2) is 33.8 Å². The topological polar surface area (TPSA) is 96.5 Å². The number of ether oxygens (including phenoxy) is 2. The lowest BCUT2D eigenvalue weighted by Crippen LogP contribution is -2.07. The van der Waals surface area contributed by atoms with E-state index in [1.54, 1.807) is 42.9 Å². The normalized spacial score (nSPS) is 10.6. The largest absolute Gasteiger partial charge is 0.463 e. The highest BCUT2D eigenvalue weighted by molar-refractivity contribution is 5.90. The molecule has 8 heteroatoms. The van der Waals surface area contributed by atoms with Crippen LogP contribution in [0.5, 0.6) is 0 Å². The third-order valence-electron chi connectivity index (χ3n) is 3.78. The van der Waals surface area contributed by atoms with Crippen LogP contribution in [0.15, 0.2) is 41.1 Å². The van der Waals surface area contributed by atoms with Gasteiger partial charge in [0, 0.05) is 11.8 Å². The highest BCUT2D eigenvalue weighted by Crippen LogP contribution is 2.18. The first-order chi connectivity index (χ1) is 12.5. The Morgan fingerprint density at radius 2 is 2.04 bits per heavy atom. The van der Waals surface area contributed by atoms with Crippen molar-refractivity contribution in [3.05, 3.63) is 65.0 Å². The van der Waals surface area contributed by atoms with Crippen LogP contribution in [0.3, 0.4) is 0 Å². The summed E-state index contributed by atoms with van der Waals surface area (Å²) in [5.41, 5.74) is 1.55. The van der Waals surface area contributed by atoms with E-state index in [1.807, 2.05) is 6.07 Å². The third-order valence-corrected chi connectivity index (χ3v) is 3.78. The number of nitrogens with zero attached hydrogens (tertiary/aromatic N) is 3. The molecule has 0 radical (unpaired) electrons. The van der Waals surface area contributed by atoms with Gasteiger partial charge in [-0.1, -0.05) is 6.07 Å². The summed E-state index contributed by atoms with van der Waals surface area (Å²) in [4.78, 5) is 28.1. The summed E-state index contributed by atoms with van der Waals surface area (Å²) in [7, 11) is 1.27. The van der Waals surface area contributed by atoms with Crippen LogP contribution in [0.2, 0.25) is 0 Å². The predicted molar refractivity (Wildman–Crippen MR) is 90.0 cm³/mol.